The van der Waals surface area contributed by atoms with Crippen molar-refractivity contribution >= 4 is 17.2 Å². The quantitative estimate of drug-likeness (QED) is 0.655. The summed E-state index contributed by atoms with van der Waals surface area (Å²) in [5, 5.41) is 13.9. The third kappa shape index (κ3) is 4.26. The van der Waals surface area contributed by atoms with Crippen LogP contribution in [0.4, 0.5) is 17.2 Å². The van der Waals surface area contributed by atoms with Gasteiger partial charge in [-0.2, -0.15) is 0 Å². The minimum atomic E-state index is -0.425. The molecule has 0 aliphatic heterocycles. The van der Waals surface area contributed by atoms with Crippen LogP contribution in [0.5, 0.6) is 0 Å². The molecule has 1 aromatic carbocycles. The van der Waals surface area contributed by atoms with Gasteiger partial charge < -0.3 is 10.2 Å². The Hall–Kier alpha value is -2.47. The number of aryl methyl sites for hydroxylation is 1. The zero-order valence-corrected chi connectivity index (χ0v) is 13.0. The summed E-state index contributed by atoms with van der Waals surface area (Å²) >= 11 is 0. The second-order valence-electron chi connectivity index (χ2n) is 5.49. The summed E-state index contributed by atoms with van der Waals surface area (Å²) in [6.45, 7) is 2.71. The van der Waals surface area contributed by atoms with Gasteiger partial charge in [0.15, 0.2) is 0 Å². The number of anilines is 2. The van der Waals surface area contributed by atoms with Crippen molar-refractivity contribution in [3.63, 3.8) is 0 Å². The van der Waals surface area contributed by atoms with Gasteiger partial charge in [-0.3, -0.25) is 10.1 Å². The highest BCUT2D eigenvalue weighted by molar-refractivity contribution is 5.58. The second-order valence-corrected chi connectivity index (χ2v) is 5.49. The van der Waals surface area contributed by atoms with Gasteiger partial charge >= 0.3 is 0 Å². The van der Waals surface area contributed by atoms with Crippen molar-refractivity contribution in [2.24, 2.45) is 0 Å². The summed E-state index contributed by atoms with van der Waals surface area (Å²) < 4.78 is 0. The first-order chi connectivity index (χ1) is 10.5. The van der Waals surface area contributed by atoms with Crippen LogP contribution in [0.3, 0.4) is 0 Å². The van der Waals surface area contributed by atoms with Crippen LogP contribution in [0, 0.1) is 17.0 Å². The molecule has 0 radical (unpaired) electrons. The van der Waals surface area contributed by atoms with E-state index in [0.717, 1.165) is 18.7 Å². The summed E-state index contributed by atoms with van der Waals surface area (Å²) in [6, 6.07) is 9.80. The molecule has 2 rings (SSSR count). The average molecular weight is 300 g/mol. The Labute approximate surface area is 129 Å². The summed E-state index contributed by atoms with van der Waals surface area (Å²) in [7, 11) is 4.11. The van der Waals surface area contributed by atoms with E-state index in [1.807, 2.05) is 12.1 Å². The molecule has 116 valence electrons. The zero-order chi connectivity index (χ0) is 16.1. The first kappa shape index (κ1) is 15.9. The molecule has 0 saturated carbocycles. The van der Waals surface area contributed by atoms with Crippen LogP contribution in [0.1, 0.15) is 11.1 Å². The second kappa shape index (κ2) is 7.00. The van der Waals surface area contributed by atoms with Crippen molar-refractivity contribution in [1.82, 2.24) is 9.88 Å². The van der Waals surface area contributed by atoms with Gasteiger partial charge in [-0.05, 0) is 51.2 Å². The molecule has 0 aliphatic carbocycles. The van der Waals surface area contributed by atoms with Crippen LogP contribution >= 0.6 is 0 Å². The van der Waals surface area contributed by atoms with E-state index in [2.05, 4.69) is 41.4 Å². The first-order valence-electron chi connectivity index (χ1n) is 7.07. The molecule has 0 atom stereocenters. The van der Waals surface area contributed by atoms with Gasteiger partial charge in [-0.15, -0.1) is 0 Å². The number of aromatic nitrogens is 1. The van der Waals surface area contributed by atoms with Crippen molar-refractivity contribution in [1.29, 1.82) is 0 Å². The molecule has 1 N–H and O–H groups in total. The van der Waals surface area contributed by atoms with Crippen molar-refractivity contribution in [3.8, 4) is 0 Å². The molecule has 0 saturated heterocycles. The highest BCUT2D eigenvalue weighted by atomic mass is 16.6. The van der Waals surface area contributed by atoms with Crippen molar-refractivity contribution in [2.45, 2.75) is 13.3 Å². The normalized spacial score (nSPS) is 10.7. The summed E-state index contributed by atoms with van der Waals surface area (Å²) in [5.41, 5.74) is 2.80. The highest BCUT2D eigenvalue weighted by Gasteiger charge is 2.11. The number of nitrogens with zero attached hydrogens (tertiary/aromatic N) is 3. The molecule has 6 heteroatoms. The predicted octanol–water partition coefficient (Wildman–Crippen LogP) is 3.15. The van der Waals surface area contributed by atoms with E-state index in [-0.39, 0.29) is 5.69 Å². The average Bonchev–Trinajstić information content (AvgIpc) is 2.46. The number of likely N-dealkylation sites (N-methyl/N-ethyl adjacent to an activating group) is 1. The zero-order valence-electron chi connectivity index (χ0n) is 13.0. The van der Waals surface area contributed by atoms with E-state index in [0.29, 0.717) is 11.4 Å². The van der Waals surface area contributed by atoms with Gasteiger partial charge in [-0.25, -0.2) is 4.98 Å². The number of nitro groups is 1. The summed E-state index contributed by atoms with van der Waals surface area (Å²) in [4.78, 5) is 16.6. The third-order valence-corrected chi connectivity index (χ3v) is 3.35. The molecule has 0 unspecified atom stereocenters. The molecule has 0 fully saturated rings. The number of hydrogen-bond acceptors (Lipinski definition) is 5. The number of benzene rings is 1. The molecular weight excluding hydrogens is 280 g/mol. The van der Waals surface area contributed by atoms with E-state index in [1.54, 1.807) is 13.0 Å². The molecule has 22 heavy (non-hydrogen) atoms. The highest BCUT2D eigenvalue weighted by Crippen LogP contribution is 2.21. The molecule has 6 nitrogen and oxygen atoms in total. The van der Waals surface area contributed by atoms with Gasteiger partial charge in [0.05, 0.1) is 4.92 Å². The van der Waals surface area contributed by atoms with E-state index in [9.17, 15) is 10.1 Å². The van der Waals surface area contributed by atoms with Crippen LogP contribution < -0.4 is 5.32 Å². The lowest BCUT2D eigenvalue weighted by Crippen LogP contribution is -2.14. The smallest absolute Gasteiger partial charge is 0.290 e. The van der Waals surface area contributed by atoms with E-state index >= 15 is 0 Å². The molecular formula is C16H20N4O2. The molecule has 1 heterocycles. The first-order valence-corrected chi connectivity index (χ1v) is 7.07. The molecule has 0 spiro atoms. The van der Waals surface area contributed by atoms with Crippen molar-refractivity contribution < 1.29 is 4.92 Å². The minimum absolute atomic E-state index is 0.0320. The number of pyridine rings is 1. The molecule has 0 amide bonds. The lowest BCUT2D eigenvalue weighted by Gasteiger charge is -2.10. The van der Waals surface area contributed by atoms with Gasteiger partial charge in [0.25, 0.3) is 5.69 Å². The monoisotopic (exact) mass is 300 g/mol. The van der Waals surface area contributed by atoms with Crippen LogP contribution in [-0.4, -0.2) is 35.4 Å². The number of hydrogen-bond donors (Lipinski definition) is 1. The van der Waals surface area contributed by atoms with E-state index < -0.39 is 4.92 Å². The van der Waals surface area contributed by atoms with Gasteiger partial charge in [0.1, 0.15) is 12.0 Å². The Bertz CT molecular complexity index is 654. The standard InChI is InChI=1S/C16H20N4O2/c1-12-10-16(17-11-15(12)20(21)22)18-14-6-4-13(5-7-14)8-9-19(2)3/h4-7,10-11H,8-9H2,1-3H3,(H,17,18). The van der Waals surface area contributed by atoms with E-state index in [1.165, 1.54) is 11.8 Å². The summed E-state index contributed by atoms with van der Waals surface area (Å²) in [6.07, 6.45) is 2.28. The fraction of sp³-hybridized carbons (Fsp3) is 0.312. The maximum Gasteiger partial charge on any atom is 0.290 e. The molecule has 0 aliphatic rings. The molecule has 0 bridgehead atoms. The van der Waals surface area contributed by atoms with Crippen LogP contribution in [0.25, 0.3) is 0 Å². The largest absolute Gasteiger partial charge is 0.340 e. The maximum atomic E-state index is 10.8. The van der Waals surface area contributed by atoms with Gasteiger partial charge in [0.2, 0.25) is 0 Å². The van der Waals surface area contributed by atoms with Crippen LogP contribution in [0.15, 0.2) is 36.5 Å². The SMILES string of the molecule is Cc1cc(Nc2ccc(CCN(C)C)cc2)ncc1[N+](=O)[O-]. The molecule has 2 aromatic rings. The minimum Gasteiger partial charge on any atom is -0.340 e. The lowest BCUT2D eigenvalue weighted by atomic mass is 10.1. The topological polar surface area (TPSA) is 71.3 Å². The summed E-state index contributed by atoms with van der Waals surface area (Å²) in [5.74, 6) is 0.601. The van der Waals surface area contributed by atoms with Gasteiger partial charge in [-0.1, -0.05) is 12.1 Å². The molecule has 1 aromatic heterocycles. The number of rotatable bonds is 6. The van der Waals surface area contributed by atoms with Gasteiger partial charge in [0, 0.05) is 17.8 Å². The fourth-order valence-electron chi connectivity index (χ4n) is 2.06. The maximum absolute atomic E-state index is 10.8. The van der Waals surface area contributed by atoms with Crippen LogP contribution in [0.2, 0.25) is 0 Å². The van der Waals surface area contributed by atoms with E-state index in [4.69, 9.17) is 0 Å². The lowest BCUT2D eigenvalue weighted by molar-refractivity contribution is -0.385. The Morgan fingerprint density at radius 1 is 1.27 bits per heavy atom. The Morgan fingerprint density at radius 2 is 1.95 bits per heavy atom. The van der Waals surface area contributed by atoms with Crippen molar-refractivity contribution in [3.05, 3.63) is 57.8 Å². The van der Waals surface area contributed by atoms with Crippen molar-refractivity contribution in [2.75, 3.05) is 26.0 Å². The van der Waals surface area contributed by atoms with Crippen LogP contribution in [-0.2, 0) is 6.42 Å². The Balaban J connectivity index is 2.04. The third-order valence-electron chi connectivity index (χ3n) is 3.35. The fourth-order valence-corrected chi connectivity index (χ4v) is 2.06. The predicted molar refractivity (Wildman–Crippen MR) is 87.6 cm³/mol. The Morgan fingerprint density at radius 3 is 2.50 bits per heavy atom. The Kier molecular flexibility index (Phi) is 5.06. The number of nitrogens with one attached hydrogen (secondary N) is 1.